The Labute approximate surface area is 181 Å². The van der Waals surface area contributed by atoms with Crippen LogP contribution in [0.3, 0.4) is 0 Å². The first kappa shape index (κ1) is 21.6. The van der Waals surface area contributed by atoms with E-state index in [4.69, 9.17) is 4.74 Å². The number of thioether (sulfide) groups is 1. The molecule has 0 saturated heterocycles. The van der Waals surface area contributed by atoms with Crippen molar-refractivity contribution in [3.05, 3.63) is 41.8 Å². The van der Waals surface area contributed by atoms with Crippen LogP contribution in [0.2, 0.25) is 0 Å². The fourth-order valence-electron chi connectivity index (χ4n) is 2.18. The third kappa shape index (κ3) is 5.47. The second-order valence-corrected chi connectivity index (χ2v) is 11.2. The van der Waals surface area contributed by atoms with Crippen molar-refractivity contribution >= 4 is 61.2 Å². The normalized spacial score (nSPS) is 11.2. The predicted molar refractivity (Wildman–Crippen MR) is 117 cm³/mol. The molecule has 0 fully saturated rings. The maximum Gasteiger partial charge on any atom is 0.273 e. The van der Waals surface area contributed by atoms with E-state index in [2.05, 4.69) is 15.5 Å². The maximum absolute atomic E-state index is 12.6. The van der Waals surface area contributed by atoms with Crippen LogP contribution in [0.1, 0.15) is 6.92 Å². The molecule has 1 N–H and O–H groups in total. The Morgan fingerprint density at radius 3 is 2.66 bits per heavy atom. The number of ether oxygens (including phenoxy) is 1. The number of rotatable bonds is 9. The fraction of sp³-hybridized carbons (Fsp3) is 0.235. The summed E-state index contributed by atoms with van der Waals surface area (Å²) >= 11 is 4.02. The van der Waals surface area contributed by atoms with Gasteiger partial charge >= 0.3 is 0 Å². The molecule has 0 aliphatic rings. The van der Waals surface area contributed by atoms with E-state index in [1.54, 1.807) is 53.5 Å². The highest BCUT2D eigenvalue weighted by Gasteiger charge is 2.22. The zero-order chi connectivity index (χ0) is 20.9. The molecule has 0 unspecified atom stereocenters. The lowest BCUT2D eigenvalue weighted by molar-refractivity contribution is -0.118. The molecule has 3 aromatic rings. The van der Waals surface area contributed by atoms with Gasteiger partial charge in [-0.1, -0.05) is 36.1 Å². The molecular weight excluding hydrogens is 452 g/mol. The van der Waals surface area contributed by atoms with Crippen molar-refractivity contribution in [2.45, 2.75) is 15.5 Å². The third-order valence-corrected chi connectivity index (χ3v) is 8.61. The molecule has 0 spiro atoms. The minimum Gasteiger partial charge on any atom is -0.484 e. The Morgan fingerprint density at radius 1 is 1.24 bits per heavy atom. The van der Waals surface area contributed by atoms with E-state index in [-0.39, 0.29) is 16.7 Å². The number of amides is 1. The van der Waals surface area contributed by atoms with Gasteiger partial charge in [0, 0.05) is 7.05 Å². The number of carbonyl (C=O) groups is 1. The molecule has 3 rings (SSSR count). The molecule has 0 bridgehead atoms. The van der Waals surface area contributed by atoms with Gasteiger partial charge in [-0.25, -0.2) is 8.42 Å². The van der Waals surface area contributed by atoms with Gasteiger partial charge in [-0.05, 0) is 41.5 Å². The molecule has 12 heteroatoms. The van der Waals surface area contributed by atoms with Gasteiger partial charge < -0.3 is 4.74 Å². The number of carbonyl (C=O) groups excluding carboxylic acids is 1. The second-order valence-electron chi connectivity index (χ2n) is 5.54. The van der Waals surface area contributed by atoms with Gasteiger partial charge in [0.2, 0.25) is 5.13 Å². The van der Waals surface area contributed by atoms with Crippen molar-refractivity contribution in [3.8, 4) is 5.75 Å². The molecule has 1 amide bonds. The zero-order valence-corrected chi connectivity index (χ0v) is 18.8. The van der Waals surface area contributed by atoms with Crippen LogP contribution in [0, 0.1) is 0 Å². The summed E-state index contributed by atoms with van der Waals surface area (Å²) in [7, 11) is -2.10. The molecule has 2 aromatic heterocycles. The Morgan fingerprint density at radius 2 is 2.00 bits per heavy atom. The van der Waals surface area contributed by atoms with Crippen molar-refractivity contribution in [3.63, 3.8) is 0 Å². The molecule has 154 valence electrons. The monoisotopic (exact) mass is 470 g/mol. The largest absolute Gasteiger partial charge is 0.484 e. The first-order chi connectivity index (χ1) is 13.9. The van der Waals surface area contributed by atoms with Gasteiger partial charge in [-0.2, -0.15) is 0 Å². The summed E-state index contributed by atoms with van der Waals surface area (Å²) in [6.45, 7) is 1.82. The van der Waals surface area contributed by atoms with Crippen molar-refractivity contribution in [2.75, 3.05) is 29.0 Å². The predicted octanol–water partition coefficient (Wildman–Crippen LogP) is 3.55. The van der Waals surface area contributed by atoms with Gasteiger partial charge in [-0.15, -0.1) is 21.5 Å². The third-order valence-electron chi connectivity index (χ3n) is 3.60. The minimum atomic E-state index is -3.59. The Balaban J connectivity index is 1.55. The van der Waals surface area contributed by atoms with Crippen molar-refractivity contribution < 1.29 is 17.9 Å². The lowest BCUT2D eigenvalue weighted by Crippen LogP contribution is -2.25. The number of anilines is 2. The molecule has 1 aromatic carbocycles. The lowest BCUT2D eigenvalue weighted by atomic mass is 10.3. The Bertz CT molecular complexity index is 1050. The van der Waals surface area contributed by atoms with E-state index < -0.39 is 10.0 Å². The smallest absolute Gasteiger partial charge is 0.273 e. The van der Waals surface area contributed by atoms with Crippen LogP contribution < -0.4 is 14.4 Å². The molecule has 0 atom stereocenters. The topological polar surface area (TPSA) is 101 Å². The zero-order valence-electron chi connectivity index (χ0n) is 15.6. The Hall–Kier alpha value is -2.15. The molecule has 8 nitrogen and oxygen atoms in total. The van der Waals surface area contributed by atoms with Gasteiger partial charge in [-0.3, -0.25) is 14.4 Å². The van der Waals surface area contributed by atoms with Gasteiger partial charge in [0.15, 0.2) is 10.9 Å². The number of aromatic nitrogens is 2. The van der Waals surface area contributed by atoms with E-state index in [0.29, 0.717) is 16.6 Å². The average molecular weight is 471 g/mol. The number of hydrogen-bond donors (Lipinski definition) is 1. The summed E-state index contributed by atoms with van der Waals surface area (Å²) in [5.41, 5.74) is 0.491. The number of hydrogen-bond acceptors (Lipinski definition) is 9. The standard InChI is InChI=1S/C17H18N4O4S4/c1-3-26-17-20-19-16(28-17)18-14(22)11-25-13-8-6-12(7-9-13)21(2)29(23,24)15-5-4-10-27-15/h4-10H,3,11H2,1-2H3,(H,18,19,22). The van der Waals surface area contributed by atoms with Crippen LogP contribution in [-0.4, -0.2) is 43.9 Å². The lowest BCUT2D eigenvalue weighted by Gasteiger charge is -2.18. The van der Waals surface area contributed by atoms with Gasteiger partial charge in [0.05, 0.1) is 5.69 Å². The Kier molecular flexibility index (Phi) is 7.11. The van der Waals surface area contributed by atoms with Crippen LogP contribution in [-0.2, 0) is 14.8 Å². The van der Waals surface area contributed by atoms with Crippen molar-refractivity contribution in [2.24, 2.45) is 0 Å². The number of benzene rings is 1. The first-order valence-electron chi connectivity index (χ1n) is 8.41. The van der Waals surface area contributed by atoms with E-state index >= 15 is 0 Å². The molecule has 0 aliphatic carbocycles. The van der Waals surface area contributed by atoms with Crippen LogP contribution >= 0.6 is 34.4 Å². The molecule has 0 aliphatic heterocycles. The SMILES string of the molecule is CCSc1nnc(NC(=O)COc2ccc(N(C)S(=O)(=O)c3cccs3)cc2)s1. The van der Waals surface area contributed by atoms with E-state index in [1.165, 1.54) is 22.7 Å². The van der Waals surface area contributed by atoms with E-state index in [1.807, 2.05) is 6.92 Å². The molecule has 0 saturated carbocycles. The number of nitrogens with zero attached hydrogens (tertiary/aromatic N) is 3. The molecule has 2 heterocycles. The minimum absolute atomic E-state index is 0.196. The number of sulfonamides is 1. The highest BCUT2D eigenvalue weighted by atomic mass is 32.2. The molecule has 29 heavy (non-hydrogen) atoms. The molecular formula is C17H18N4O4S4. The quantitative estimate of drug-likeness (QED) is 0.377. The van der Waals surface area contributed by atoms with E-state index in [0.717, 1.165) is 21.4 Å². The van der Waals surface area contributed by atoms with Gasteiger partial charge in [0.1, 0.15) is 9.96 Å². The maximum atomic E-state index is 12.6. The number of thiophene rings is 1. The van der Waals surface area contributed by atoms with E-state index in [9.17, 15) is 13.2 Å². The van der Waals surface area contributed by atoms with Crippen LogP contribution in [0.25, 0.3) is 0 Å². The summed E-state index contributed by atoms with van der Waals surface area (Å²) in [4.78, 5) is 12.0. The summed E-state index contributed by atoms with van der Waals surface area (Å²) in [5, 5.41) is 12.6. The summed E-state index contributed by atoms with van der Waals surface area (Å²) in [6, 6.07) is 9.73. The second kappa shape index (κ2) is 9.57. The van der Waals surface area contributed by atoms with Crippen LogP contribution in [0.5, 0.6) is 5.75 Å². The summed E-state index contributed by atoms with van der Waals surface area (Å²) in [5.74, 6) is 0.979. The van der Waals surface area contributed by atoms with Crippen LogP contribution in [0.4, 0.5) is 10.8 Å². The number of nitrogens with one attached hydrogen (secondary N) is 1. The van der Waals surface area contributed by atoms with Crippen molar-refractivity contribution in [1.82, 2.24) is 10.2 Å². The summed E-state index contributed by atoms with van der Waals surface area (Å²) < 4.78 is 32.8. The molecule has 0 radical (unpaired) electrons. The van der Waals surface area contributed by atoms with Gasteiger partial charge in [0.25, 0.3) is 15.9 Å². The highest BCUT2D eigenvalue weighted by molar-refractivity contribution is 8.01. The fourth-order valence-corrected chi connectivity index (χ4v) is 6.20. The van der Waals surface area contributed by atoms with Crippen molar-refractivity contribution in [1.29, 1.82) is 0 Å². The first-order valence-corrected chi connectivity index (χ1v) is 12.5. The van der Waals surface area contributed by atoms with Crippen LogP contribution in [0.15, 0.2) is 50.3 Å². The average Bonchev–Trinajstić information content (AvgIpc) is 3.39. The highest BCUT2D eigenvalue weighted by Crippen LogP contribution is 2.27. The summed E-state index contributed by atoms with van der Waals surface area (Å²) in [6.07, 6.45) is 0.